The third kappa shape index (κ3) is 5.55. The Labute approximate surface area is 197 Å². The van der Waals surface area contributed by atoms with E-state index in [2.05, 4.69) is 0 Å². The summed E-state index contributed by atoms with van der Waals surface area (Å²) in [4.78, 5) is 11.5. The van der Waals surface area contributed by atoms with E-state index in [-0.39, 0.29) is 37.2 Å². The molecule has 7 nitrogen and oxygen atoms in total. The molecule has 0 saturated carbocycles. The van der Waals surface area contributed by atoms with Gasteiger partial charge in [0.05, 0.1) is 12.0 Å². The SMILES string of the molecule is COC(=O)CCc1cccc(CN(Cc2ccc3c(c2)OCO3)S(=O)(=O)c2ccc(F)cc2)c1. The quantitative estimate of drug-likeness (QED) is 0.426. The van der Waals surface area contributed by atoms with Gasteiger partial charge in [0.25, 0.3) is 0 Å². The van der Waals surface area contributed by atoms with Crippen LogP contribution in [0.15, 0.2) is 71.6 Å². The third-order valence-corrected chi connectivity index (χ3v) is 7.25. The summed E-state index contributed by atoms with van der Waals surface area (Å²) in [5.41, 5.74) is 2.37. The van der Waals surface area contributed by atoms with Gasteiger partial charge in [-0.1, -0.05) is 30.3 Å². The first kappa shape index (κ1) is 23.7. The maximum absolute atomic E-state index is 13.5. The van der Waals surface area contributed by atoms with Crippen LogP contribution >= 0.6 is 0 Å². The molecule has 0 N–H and O–H groups in total. The van der Waals surface area contributed by atoms with Gasteiger partial charge in [0.1, 0.15) is 5.82 Å². The van der Waals surface area contributed by atoms with Gasteiger partial charge in [0.2, 0.25) is 16.8 Å². The van der Waals surface area contributed by atoms with Crippen LogP contribution in [0.1, 0.15) is 23.1 Å². The van der Waals surface area contributed by atoms with Crippen LogP contribution in [0.2, 0.25) is 0 Å². The number of ether oxygens (including phenoxy) is 3. The number of halogens is 1. The lowest BCUT2D eigenvalue weighted by Crippen LogP contribution is -2.30. The number of nitrogens with zero attached hydrogens (tertiary/aromatic N) is 1. The minimum absolute atomic E-state index is 0.00325. The van der Waals surface area contributed by atoms with E-state index in [1.807, 2.05) is 24.3 Å². The zero-order valence-corrected chi connectivity index (χ0v) is 19.4. The van der Waals surface area contributed by atoms with E-state index in [4.69, 9.17) is 14.2 Å². The molecular formula is C25H24FNO6S. The molecule has 0 amide bonds. The van der Waals surface area contributed by atoms with E-state index in [1.165, 1.54) is 23.5 Å². The van der Waals surface area contributed by atoms with Crippen LogP contribution in [0.4, 0.5) is 4.39 Å². The Morgan fingerprint density at radius 3 is 2.35 bits per heavy atom. The Bertz CT molecular complexity index is 1280. The number of aryl methyl sites for hydroxylation is 1. The Hall–Kier alpha value is -3.43. The summed E-state index contributed by atoms with van der Waals surface area (Å²) in [5, 5.41) is 0. The number of benzene rings is 3. The molecule has 3 aromatic rings. The second-order valence-electron chi connectivity index (χ2n) is 7.81. The van der Waals surface area contributed by atoms with Gasteiger partial charge in [-0.15, -0.1) is 0 Å². The van der Waals surface area contributed by atoms with Crippen LogP contribution in [-0.2, 0) is 39.1 Å². The average molecular weight is 486 g/mol. The number of esters is 1. The number of sulfonamides is 1. The molecular weight excluding hydrogens is 461 g/mol. The second-order valence-corrected chi connectivity index (χ2v) is 9.75. The lowest BCUT2D eigenvalue weighted by atomic mass is 10.1. The highest BCUT2D eigenvalue weighted by Gasteiger charge is 2.26. The standard InChI is InChI=1S/C25H24FNO6S/c1-31-25(28)12-6-18-3-2-4-19(13-18)15-27(34(29,30)22-9-7-21(26)8-10-22)16-20-5-11-23-24(14-20)33-17-32-23/h2-5,7-11,13-14H,6,12,15-17H2,1H3. The second kappa shape index (κ2) is 10.2. The van der Waals surface area contributed by atoms with E-state index in [0.29, 0.717) is 17.9 Å². The number of hydrogen-bond acceptors (Lipinski definition) is 6. The Kier molecular flexibility index (Phi) is 7.14. The minimum atomic E-state index is -3.95. The van der Waals surface area contributed by atoms with E-state index < -0.39 is 15.8 Å². The average Bonchev–Trinajstić information content (AvgIpc) is 3.30. The van der Waals surface area contributed by atoms with Crippen LogP contribution in [0.3, 0.4) is 0 Å². The van der Waals surface area contributed by atoms with Crippen LogP contribution in [-0.4, -0.2) is 32.6 Å². The fourth-order valence-corrected chi connectivity index (χ4v) is 5.08. The summed E-state index contributed by atoms with van der Waals surface area (Å²) in [7, 11) is -2.61. The predicted octanol–water partition coefficient (Wildman–Crippen LogP) is 4.05. The topological polar surface area (TPSA) is 82.1 Å². The van der Waals surface area contributed by atoms with Gasteiger partial charge in [-0.25, -0.2) is 12.8 Å². The van der Waals surface area contributed by atoms with Gasteiger partial charge >= 0.3 is 5.97 Å². The number of methoxy groups -OCH3 is 1. The number of hydrogen-bond donors (Lipinski definition) is 0. The first-order valence-electron chi connectivity index (χ1n) is 10.6. The van der Waals surface area contributed by atoms with Crippen LogP contribution in [0, 0.1) is 5.82 Å². The van der Waals surface area contributed by atoms with Crippen molar-refractivity contribution < 1.29 is 31.8 Å². The molecule has 1 aliphatic rings. The molecule has 0 radical (unpaired) electrons. The Morgan fingerprint density at radius 2 is 1.62 bits per heavy atom. The molecule has 34 heavy (non-hydrogen) atoms. The van der Waals surface area contributed by atoms with Gasteiger partial charge in [0.15, 0.2) is 11.5 Å². The highest BCUT2D eigenvalue weighted by atomic mass is 32.2. The molecule has 0 saturated heterocycles. The van der Waals surface area contributed by atoms with Crippen molar-refractivity contribution in [1.82, 2.24) is 4.31 Å². The van der Waals surface area contributed by atoms with E-state index in [9.17, 15) is 17.6 Å². The molecule has 1 aliphatic heterocycles. The Morgan fingerprint density at radius 1 is 0.941 bits per heavy atom. The first-order valence-corrected chi connectivity index (χ1v) is 12.1. The van der Waals surface area contributed by atoms with Gasteiger partial charge in [-0.2, -0.15) is 4.31 Å². The number of rotatable bonds is 9. The molecule has 3 aromatic carbocycles. The number of fused-ring (bicyclic) bond motifs is 1. The molecule has 0 fully saturated rings. The van der Waals surface area contributed by atoms with Gasteiger partial charge in [-0.3, -0.25) is 4.79 Å². The van der Waals surface area contributed by atoms with Crippen molar-refractivity contribution >= 4 is 16.0 Å². The number of carbonyl (C=O) groups is 1. The van der Waals surface area contributed by atoms with E-state index in [1.54, 1.807) is 18.2 Å². The molecule has 0 unspecified atom stereocenters. The predicted molar refractivity (Wildman–Crippen MR) is 122 cm³/mol. The van der Waals surface area contributed by atoms with Gasteiger partial charge in [-0.05, 0) is 59.5 Å². The van der Waals surface area contributed by atoms with Gasteiger partial charge < -0.3 is 14.2 Å². The molecule has 4 rings (SSSR count). The highest BCUT2D eigenvalue weighted by Crippen LogP contribution is 2.33. The molecule has 0 aliphatic carbocycles. The fraction of sp³-hybridized carbons (Fsp3) is 0.240. The number of carbonyl (C=O) groups excluding carboxylic acids is 1. The minimum Gasteiger partial charge on any atom is -0.469 e. The van der Waals surface area contributed by atoms with E-state index in [0.717, 1.165) is 28.8 Å². The van der Waals surface area contributed by atoms with Crippen LogP contribution < -0.4 is 9.47 Å². The van der Waals surface area contributed by atoms with E-state index >= 15 is 0 Å². The van der Waals surface area contributed by atoms with Crippen LogP contribution in [0.25, 0.3) is 0 Å². The molecule has 1 heterocycles. The first-order chi connectivity index (χ1) is 16.3. The molecule has 178 valence electrons. The fourth-order valence-electron chi connectivity index (χ4n) is 3.66. The summed E-state index contributed by atoms with van der Waals surface area (Å²) < 4.78 is 57.2. The zero-order chi connectivity index (χ0) is 24.1. The third-order valence-electron chi connectivity index (χ3n) is 5.44. The normalized spacial score (nSPS) is 12.7. The summed E-state index contributed by atoms with van der Waals surface area (Å²) in [6, 6.07) is 17.4. The van der Waals surface area contributed by atoms with Gasteiger partial charge in [0, 0.05) is 19.5 Å². The maximum Gasteiger partial charge on any atom is 0.305 e. The lowest BCUT2D eigenvalue weighted by Gasteiger charge is -2.23. The van der Waals surface area contributed by atoms with Crippen molar-refractivity contribution in [2.45, 2.75) is 30.8 Å². The molecule has 0 atom stereocenters. The lowest BCUT2D eigenvalue weighted by molar-refractivity contribution is -0.140. The Balaban J connectivity index is 1.62. The summed E-state index contributed by atoms with van der Waals surface area (Å²) in [6.07, 6.45) is 0.710. The van der Waals surface area contributed by atoms with Crippen molar-refractivity contribution in [3.63, 3.8) is 0 Å². The smallest absolute Gasteiger partial charge is 0.305 e. The maximum atomic E-state index is 13.5. The van der Waals surface area contributed by atoms with Crippen molar-refractivity contribution in [3.8, 4) is 11.5 Å². The van der Waals surface area contributed by atoms with Crippen molar-refractivity contribution in [3.05, 3.63) is 89.2 Å². The zero-order valence-electron chi connectivity index (χ0n) is 18.6. The monoisotopic (exact) mass is 485 g/mol. The molecule has 0 spiro atoms. The molecule has 0 aromatic heterocycles. The van der Waals surface area contributed by atoms with Crippen molar-refractivity contribution in [2.75, 3.05) is 13.9 Å². The highest BCUT2D eigenvalue weighted by molar-refractivity contribution is 7.89. The van der Waals surface area contributed by atoms with Crippen LogP contribution in [0.5, 0.6) is 11.5 Å². The summed E-state index contributed by atoms with van der Waals surface area (Å²) >= 11 is 0. The van der Waals surface area contributed by atoms with Crippen molar-refractivity contribution in [1.29, 1.82) is 0 Å². The summed E-state index contributed by atoms with van der Waals surface area (Å²) in [6.45, 7) is 0.275. The largest absolute Gasteiger partial charge is 0.469 e. The summed E-state index contributed by atoms with van der Waals surface area (Å²) in [5.74, 6) is 0.338. The van der Waals surface area contributed by atoms with Crippen molar-refractivity contribution in [2.24, 2.45) is 0 Å². The molecule has 9 heteroatoms. The molecule has 0 bridgehead atoms.